The number of aliphatic carboxylic acids is 1. The van der Waals surface area contributed by atoms with Gasteiger partial charge in [-0.1, -0.05) is 0 Å². The normalized spacial score (nSPS) is 75.1. The second-order valence-electron chi connectivity index (χ2n) is 7.13. The van der Waals surface area contributed by atoms with Crippen molar-refractivity contribution in [3.63, 3.8) is 0 Å². The lowest BCUT2D eigenvalue weighted by atomic mass is 9.50. The van der Waals surface area contributed by atoms with Crippen LogP contribution in [0.4, 0.5) is 0 Å². The lowest BCUT2D eigenvalue weighted by Gasteiger charge is -2.60. The average Bonchev–Trinajstić information content (AvgIpc) is 2.78. The zero-order valence-electron chi connectivity index (χ0n) is 9.45. The molecule has 5 heteroatoms. The van der Waals surface area contributed by atoms with E-state index in [9.17, 15) is 19.8 Å². The van der Waals surface area contributed by atoms with Gasteiger partial charge in [-0.2, -0.15) is 0 Å². The Morgan fingerprint density at radius 2 is 1.83 bits per heavy atom. The van der Waals surface area contributed by atoms with Crippen molar-refractivity contribution in [1.29, 1.82) is 0 Å². The molecule has 2 aliphatic heterocycles. The van der Waals surface area contributed by atoms with Gasteiger partial charge in [0.05, 0.1) is 0 Å². The number of carboxylic acids is 1. The van der Waals surface area contributed by atoms with Gasteiger partial charge >= 0.3 is 11.9 Å². The standard InChI is InChI=1S/C13H12O5/c14-10(15)13-7-3-1-2-4-5(3)9(13)8(4)12(17,6(2)7)11(16)18-13/h2-9,17H,1H2,(H,14,15)/t2-,3-,4+,5+,6-,7+,8-,9+,12-,13-/m0/s1. The number of fused-ring (bicyclic) bond motifs is 1. The van der Waals surface area contributed by atoms with Crippen molar-refractivity contribution in [2.45, 2.75) is 17.6 Å². The lowest BCUT2D eigenvalue weighted by molar-refractivity contribution is -0.282. The minimum Gasteiger partial charge on any atom is -0.478 e. The van der Waals surface area contributed by atoms with Crippen LogP contribution in [0.3, 0.4) is 0 Å². The number of ether oxygens (including phenoxy) is 1. The molecule has 0 aromatic carbocycles. The maximum atomic E-state index is 12.1. The highest BCUT2D eigenvalue weighted by Crippen LogP contribution is 2.89. The fraction of sp³-hybridized carbons (Fsp3) is 0.846. The van der Waals surface area contributed by atoms with E-state index in [1.165, 1.54) is 0 Å². The molecule has 2 saturated heterocycles. The molecular weight excluding hydrogens is 236 g/mol. The first-order chi connectivity index (χ1) is 8.54. The molecule has 10 atom stereocenters. The zero-order chi connectivity index (χ0) is 12.2. The van der Waals surface area contributed by atoms with Crippen LogP contribution in [0.15, 0.2) is 0 Å². The molecule has 0 amide bonds. The summed E-state index contributed by atoms with van der Waals surface area (Å²) in [6, 6.07) is 0. The summed E-state index contributed by atoms with van der Waals surface area (Å²) in [6.07, 6.45) is 1.01. The van der Waals surface area contributed by atoms with Crippen LogP contribution in [-0.2, 0) is 14.3 Å². The van der Waals surface area contributed by atoms with Crippen molar-refractivity contribution in [2.24, 2.45) is 47.3 Å². The van der Waals surface area contributed by atoms with Crippen molar-refractivity contribution < 1.29 is 24.5 Å². The van der Waals surface area contributed by atoms with Gasteiger partial charge in [0.25, 0.3) is 0 Å². The van der Waals surface area contributed by atoms with Gasteiger partial charge in [-0.15, -0.1) is 0 Å². The molecule has 18 heavy (non-hydrogen) atoms. The SMILES string of the molecule is O=C1O[C@@]2(C(=O)O)[C@@H]3[C@H]4C[C@H]5[C@@H]6[C@@H]4[C@@H]2[C@H]6[C@@]1(O)[C@@H]53. The molecule has 5 nitrogen and oxygen atoms in total. The minimum atomic E-state index is -1.34. The van der Waals surface area contributed by atoms with Crippen LogP contribution in [0.25, 0.3) is 0 Å². The summed E-state index contributed by atoms with van der Waals surface area (Å²) in [5.41, 5.74) is -2.63. The first kappa shape index (κ1) is 8.91. The summed E-state index contributed by atoms with van der Waals surface area (Å²) in [5.74, 6) is -0.552. The molecule has 0 unspecified atom stereocenters. The van der Waals surface area contributed by atoms with E-state index in [0.29, 0.717) is 23.7 Å². The Bertz CT molecular complexity index is 572. The monoisotopic (exact) mass is 248 g/mol. The summed E-state index contributed by atoms with van der Waals surface area (Å²) >= 11 is 0. The Labute approximate surface area is 102 Å². The number of aliphatic hydroxyl groups is 1. The predicted octanol–water partition coefficient (Wildman–Crippen LogP) is -0.515. The third-order valence-corrected chi connectivity index (χ3v) is 7.43. The molecule has 0 radical (unpaired) electrons. The third-order valence-electron chi connectivity index (χ3n) is 7.43. The molecule has 2 N–H and O–H groups in total. The van der Waals surface area contributed by atoms with Gasteiger partial charge in [-0.3, -0.25) is 0 Å². The van der Waals surface area contributed by atoms with E-state index in [4.69, 9.17) is 4.74 Å². The molecule has 7 aliphatic rings. The molecule has 94 valence electrons. The number of hydrogen-bond donors (Lipinski definition) is 2. The van der Waals surface area contributed by atoms with Gasteiger partial charge in [0.2, 0.25) is 5.60 Å². The largest absolute Gasteiger partial charge is 0.478 e. The molecule has 5 aliphatic carbocycles. The van der Waals surface area contributed by atoms with Crippen molar-refractivity contribution in [2.75, 3.05) is 0 Å². The Balaban J connectivity index is 1.74. The topological polar surface area (TPSA) is 83.8 Å². The van der Waals surface area contributed by atoms with Gasteiger partial charge < -0.3 is 14.9 Å². The van der Waals surface area contributed by atoms with Gasteiger partial charge in [0, 0.05) is 23.7 Å². The number of hydrogen-bond acceptors (Lipinski definition) is 4. The number of carbonyl (C=O) groups is 2. The van der Waals surface area contributed by atoms with Crippen molar-refractivity contribution in [1.82, 2.24) is 0 Å². The van der Waals surface area contributed by atoms with E-state index in [-0.39, 0.29) is 23.7 Å². The first-order valence-electron chi connectivity index (χ1n) is 6.73. The lowest BCUT2D eigenvalue weighted by Crippen LogP contribution is -2.76. The molecule has 7 fully saturated rings. The van der Waals surface area contributed by atoms with Gasteiger partial charge in [-0.05, 0) is 30.1 Å². The highest BCUT2D eigenvalue weighted by molar-refractivity contribution is 5.93. The Hall–Kier alpha value is -1.10. The number of rotatable bonds is 1. The van der Waals surface area contributed by atoms with Crippen LogP contribution in [0.1, 0.15) is 6.42 Å². The fourth-order valence-corrected chi connectivity index (χ4v) is 7.57. The van der Waals surface area contributed by atoms with Crippen LogP contribution in [-0.4, -0.2) is 33.4 Å². The summed E-state index contributed by atoms with van der Waals surface area (Å²) in [4.78, 5) is 23.9. The molecule has 4 bridgehead atoms. The minimum absolute atomic E-state index is 0.110. The molecular formula is C13H12O5. The summed E-state index contributed by atoms with van der Waals surface area (Å²) in [6.45, 7) is 0. The highest BCUT2D eigenvalue weighted by Gasteiger charge is 2.97. The van der Waals surface area contributed by atoms with E-state index in [1.54, 1.807) is 0 Å². The smallest absolute Gasteiger partial charge is 0.348 e. The van der Waals surface area contributed by atoms with Crippen molar-refractivity contribution in [3.05, 3.63) is 0 Å². The first-order valence-corrected chi connectivity index (χ1v) is 6.73. The highest BCUT2D eigenvalue weighted by atomic mass is 16.6. The van der Waals surface area contributed by atoms with E-state index in [1.807, 2.05) is 0 Å². The molecule has 7 rings (SSSR count). The number of carbonyl (C=O) groups excluding carboxylic acids is 1. The quantitative estimate of drug-likeness (QED) is 0.610. The van der Waals surface area contributed by atoms with Crippen LogP contribution < -0.4 is 0 Å². The van der Waals surface area contributed by atoms with E-state index in [2.05, 4.69) is 0 Å². The number of esters is 1. The van der Waals surface area contributed by atoms with Gasteiger partial charge in [0.15, 0.2) is 5.60 Å². The van der Waals surface area contributed by atoms with Crippen LogP contribution >= 0.6 is 0 Å². The second kappa shape index (κ2) is 1.92. The predicted molar refractivity (Wildman–Crippen MR) is 53.9 cm³/mol. The zero-order valence-corrected chi connectivity index (χ0v) is 9.45. The molecule has 0 aromatic rings. The number of carboxylic acid groups (broad SMARTS) is 1. The second-order valence-corrected chi connectivity index (χ2v) is 7.13. The maximum Gasteiger partial charge on any atom is 0.348 e. The van der Waals surface area contributed by atoms with E-state index >= 15 is 0 Å². The third kappa shape index (κ3) is 0.451. The van der Waals surface area contributed by atoms with Crippen LogP contribution in [0.5, 0.6) is 0 Å². The van der Waals surface area contributed by atoms with Crippen molar-refractivity contribution >= 4 is 11.9 Å². The summed E-state index contributed by atoms with van der Waals surface area (Å²) in [7, 11) is 0. The van der Waals surface area contributed by atoms with Crippen LogP contribution in [0.2, 0.25) is 0 Å². The van der Waals surface area contributed by atoms with Crippen molar-refractivity contribution in [3.8, 4) is 0 Å². The fourth-order valence-electron chi connectivity index (χ4n) is 7.57. The van der Waals surface area contributed by atoms with E-state index < -0.39 is 23.1 Å². The van der Waals surface area contributed by atoms with Crippen LogP contribution in [0, 0.1) is 47.3 Å². The molecule has 0 spiro atoms. The van der Waals surface area contributed by atoms with Gasteiger partial charge in [0.1, 0.15) is 0 Å². The summed E-state index contributed by atoms with van der Waals surface area (Å²) in [5, 5.41) is 20.5. The Morgan fingerprint density at radius 1 is 1.17 bits per heavy atom. The molecule has 2 heterocycles. The Kier molecular flexibility index (Phi) is 0.949. The average molecular weight is 248 g/mol. The molecule has 5 saturated carbocycles. The summed E-state index contributed by atoms with van der Waals surface area (Å²) < 4.78 is 5.33. The maximum absolute atomic E-state index is 12.1. The van der Waals surface area contributed by atoms with E-state index in [0.717, 1.165) is 6.42 Å². The van der Waals surface area contributed by atoms with Gasteiger partial charge in [-0.25, -0.2) is 9.59 Å². The Morgan fingerprint density at radius 3 is 2.56 bits per heavy atom. The molecule has 0 aromatic heterocycles.